The van der Waals surface area contributed by atoms with E-state index in [0.29, 0.717) is 6.61 Å². The highest BCUT2D eigenvalue weighted by molar-refractivity contribution is 5.91. The molecule has 0 bridgehead atoms. The summed E-state index contributed by atoms with van der Waals surface area (Å²) in [5.74, 6) is -1.05. The fraction of sp³-hybridized carbons (Fsp3) is 0.692. The summed E-state index contributed by atoms with van der Waals surface area (Å²) < 4.78 is 9.31. The molecule has 5 heteroatoms. The van der Waals surface area contributed by atoms with Gasteiger partial charge in [0.15, 0.2) is 0 Å². The van der Waals surface area contributed by atoms with Crippen LogP contribution in [-0.4, -0.2) is 50.2 Å². The Morgan fingerprint density at radius 2 is 1.78 bits per heavy atom. The third kappa shape index (κ3) is 6.39. The van der Waals surface area contributed by atoms with Crippen molar-refractivity contribution in [2.24, 2.45) is 0 Å². The Bertz CT molecular complexity index is 295. The van der Waals surface area contributed by atoms with Gasteiger partial charge in [0, 0.05) is 12.2 Å². The molecule has 0 aromatic carbocycles. The van der Waals surface area contributed by atoms with E-state index in [0.717, 1.165) is 31.5 Å². The van der Waals surface area contributed by atoms with Gasteiger partial charge in [-0.15, -0.1) is 0 Å². The van der Waals surface area contributed by atoms with Crippen molar-refractivity contribution in [1.29, 1.82) is 0 Å². The summed E-state index contributed by atoms with van der Waals surface area (Å²) in [6.45, 7) is 3.87. The first-order valence-electron chi connectivity index (χ1n) is 6.37. The molecule has 1 aliphatic rings. The van der Waals surface area contributed by atoms with Gasteiger partial charge in [0.05, 0.1) is 13.7 Å². The highest BCUT2D eigenvalue weighted by Gasteiger charge is 2.10. The second-order valence-electron chi connectivity index (χ2n) is 4.28. The van der Waals surface area contributed by atoms with Crippen LogP contribution in [0.4, 0.5) is 0 Å². The molecule has 0 radical (unpaired) electrons. The molecule has 1 fully saturated rings. The summed E-state index contributed by atoms with van der Waals surface area (Å²) in [5.41, 5.74) is 0. The number of hydrogen-bond donors (Lipinski definition) is 0. The first-order valence-corrected chi connectivity index (χ1v) is 6.37. The number of carbonyl (C=O) groups excluding carboxylic acids is 2. The Morgan fingerprint density at radius 3 is 2.44 bits per heavy atom. The minimum Gasteiger partial charge on any atom is -0.466 e. The molecular weight excluding hydrogens is 234 g/mol. The van der Waals surface area contributed by atoms with Crippen LogP contribution in [0.5, 0.6) is 0 Å². The molecule has 5 nitrogen and oxygen atoms in total. The number of nitrogens with zero attached hydrogens (tertiary/aromatic N) is 1. The maximum absolute atomic E-state index is 11.2. The standard InChI is InChI=1S/C13H21NO4/c1-17-12(15)6-7-13(16)18-11-5-4-10-14-8-2-3-9-14/h6-7H,2-5,8-11H2,1H3/b7-6+. The molecule has 1 heterocycles. The van der Waals surface area contributed by atoms with E-state index < -0.39 is 11.9 Å². The second kappa shape index (κ2) is 8.69. The number of methoxy groups -OCH3 is 1. The molecule has 18 heavy (non-hydrogen) atoms. The van der Waals surface area contributed by atoms with Crippen LogP contribution < -0.4 is 0 Å². The molecule has 0 atom stereocenters. The number of carbonyl (C=O) groups is 2. The van der Waals surface area contributed by atoms with E-state index in [1.165, 1.54) is 33.0 Å². The van der Waals surface area contributed by atoms with Crippen LogP contribution >= 0.6 is 0 Å². The van der Waals surface area contributed by atoms with Gasteiger partial charge in [0.2, 0.25) is 0 Å². The Labute approximate surface area is 108 Å². The predicted octanol–water partition coefficient (Wildman–Crippen LogP) is 1.13. The van der Waals surface area contributed by atoms with Crippen molar-refractivity contribution in [2.45, 2.75) is 25.7 Å². The second-order valence-corrected chi connectivity index (χ2v) is 4.28. The van der Waals surface area contributed by atoms with Gasteiger partial charge >= 0.3 is 11.9 Å². The molecule has 0 saturated carbocycles. The van der Waals surface area contributed by atoms with Gasteiger partial charge in [-0.05, 0) is 45.3 Å². The maximum atomic E-state index is 11.2. The summed E-state index contributed by atoms with van der Waals surface area (Å²) in [6.07, 6.45) is 6.64. The van der Waals surface area contributed by atoms with Crippen LogP contribution in [-0.2, 0) is 19.1 Å². The largest absolute Gasteiger partial charge is 0.466 e. The van der Waals surface area contributed by atoms with Crippen LogP contribution in [0.25, 0.3) is 0 Å². The average molecular weight is 255 g/mol. The Hall–Kier alpha value is -1.36. The zero-order valence-corrected chi connectivity index (χ0v) is 10.9. The molecule has 1 aliphatic heterocycles. The van der Waals surface area contributed by atoms with Crippen LogP contribution in [0.1, 0.15) is 25.7 Å². The van der Waals surface area contributed by atoms with E-state index in [4.69, 9.17) is 4.74 Å². The molecule has 0 N–H and O–H groups in total. The number of esters is 2. The van der Waals surface area contributed by atoms with Gasteiger partial charge in [-0.3, -0.25) is 0 Å². The Kier molecular flexibility index (Phi) is 7.10. The summed E-state index contributed by atoms with van der Waals surface area (Å²) in [5, 5.41) is 0. The number of unbranched alkanes of at least 4 members (excludes halogenated alkanes) is 1. The van der Waals surface area contributed by atoms with E-state index in [-0.39, 0.29) is 0 Å². The van der Waals surface area contributed by atoms with E-state index in [1.54, 1.807) is 0 Å². The molecule has 0 aliphatic carbocycles. The van der Waals surface area contributed by atoms with Gasteiger partial charge < -0.3 is 14.4 Å². The number of likely N-dealkylation sites (tertiary alicyclic amines) is 1. The number of ether oxygens (including phenoxy) is 2. The van der Waals surface area contributed by atoms with Crippen molar-refractivity contribution in [1.82, 2.24) is 4.90 Å². The summed E-state index contributed by atoms with van der Waals surface area (Å²) >= 11 is 0. The summed E-state index contributed by atoms with van der Waals surface area (Å²) in [7, 11) is 1.26. The minimum atomic E-state index is -0.555. The lowest BCUT2D eigenvalue weighted by Gasteiger charge is -2.13. The van der Waals surface area contributed by atoms with Crippen LogP contribution in [0.2, 0.25) is 0 Å². The fourth-order valence-corrected chi connectivity index (χ4v) is 1.87. The quantitative estimate of drug-likeness (QED) is 0.388. The molecule has 0 aromatic heterocycles. The molecule has 0 aromatic rings. The van der Waals surface area contributed by atoms with Crippen molar-refractivity contribution < 1.29 is 19.1 Å². The van der Waals surface area contributed by atoms with Gasteiger partial charge in [-0.25, -0.2) is 9.59 Å². The Balaban J connectivity index is 1.98. The molecule has 1 rings (SSSR count). The normalized spacial score (nSPS) is 16.1. The number of rotatable bonds is 7. The highest BCUT2D eigenvalue weighted by Crippen LogP contribution is 2.08. The van der Waals surface area contributed by atoms with Gasteiger partial charge in [-0.2, -0.15) is 0 Å². The molecule has 102 valence electrons. The number of hydrogen-bond acceptors (Lipinski definition) is 5. The third-order valence-corrected chi connectivity index (χ3v) is 2.87. The van der Waals surface area contributed by atoms with Crippen LogP contribution in [0, 0.1) is 0 Å². The zero-order chi connectivity index (χ0) is 13.2. The molecule has 0 amide bonds. The van der Waals surface area contributed by atoms with E-state index in [2.05, 4.69) is 9.64 Å². The van der Waals surface area contributed by atoms with Crippen molar-refractivity contribution in [3.63, 3.8) is 0 Å². The maximum Gasteiger partial charge on any atom is 0.331 e. The fourth-order valence-electron chi connectivity index (χ4n) is 1.87. The molecule has 0 unspecified atom stereocenters. The SMILES string of the molecule is COC(=O)/C=C/C(=O)OCCCCN1CCCC1. The third-order valence-electron chi connectivity index (χ3n) is 2.87. The van der Waals surface area contributed by atoms with E-state index in [9.17, 15) is 9.59 Å². The smallest absolute Gasteiger partial charge is 0.331 e. The van der Waals surface area contributed by atoms with Crippen molar-refractivity contribution in [2.75, 3.05) is 33.4 Å². The molecular formula is C13H21NO4. The lowest BCUT2D eigenvalue weighted by Crippen LogP contribution is -2.20. The topological polar surface area (TPSA) is 55.8 Å². The highest BCUT2D eigenvalue weighted by atomic mass is 16.5. The monoisotopic (exact) mass is 255 g/mol. The van der Waals surface area contributed by atoms with Crippen molar-refractivity contribution in [3.8, 4) is 0 Å². The lowest BCUT2D eigenvalue weighted by molar-refractivity contribution is -0.139. The first-order chi connectivity index (χ1) is 8.72. The predicted molar refractivity (Wildman–Crippen MR) is 67.0 cm³/mol. The van der Waals surface area contributed by atoms with Crippen molar-refractivity contribution in [3.05, 3.63) is 12.2 Å². The van der Waals surface area contributed by atoms with E-state index in [1.807, 2.05) is 0 Å². The summed E-state index contributed by atoms with van der Waals surface area (Å²) in [6, 6.07) is 0. The molecule has 0 spiro atoms. The minimum absolute atomic E-state index is 0.401. The lowest BCUT2D eigenvalue weighted by atomic mass is 10.3. The van der Waals surface area contributed by atoms with Gasteiger partial charge in [0.25, 0.3) is 0 Å². The van der Waals surface area contributed by atoms with E-state index >= 15 is 0 Å². The first kappa shape index (κ1) is 14.7. The zero-order valence-electron chi connectivity index (χ0n) is 10.9. The van der Waals surface area contributed by atoms with Gasteiger partial charge in [0.1, 0.15) is 0 Å². The molecule has 1 saturated heterocycles. The van der Waals surface area contributed by atoms with Gasteiger partial charge in [-0.1, -0.05) is 0 Å². The summed E-state index contributed by atoms with van der Waals surface area (Å²) in [4.78, 5) is 24.3. The van der Waals surface area contributed by atoms with Crippen LogP contribution in [0.3, 0.4) is 0 Å². The average Bonchev–Trinajstić information content (AvgIpc) is 2.88. The van der Waals surface area contributed by atoms with Crippen molar-refractivity contribution >= 4 is 11.9 Å². The van der Waals surface area contributed by atoms with Crippen LogP contribution in [0.15, 0.2) is 12.2 Å². The Morgan fingerprint density at radius 1 is 1.11 bits per heavy atom.